The molecule has 1 aromatic heterocycles. The van der Waals surface area contributed by atoms with Gasteiger partial charge in [-0.25, -0.2) is 9.98 Å². The fraction of sp³-hybridized carbons (Fsp3) is 0.222. The Bertz CT molecular complexity index is 1090. The van der Waals surface area contributed by atoms with E-state index >= 15 is 0 Å². The van der Waals surface area contributed by atoms with Crippen molar-refractivity contribution in [2.24, 2.45) is 10.7 Å². The van der Waals surface area contributed by atoms with E-state index in [-0.39, 0.29) is 17.5 Å². The van der Waals surface area contributed by atoms with E-state index < -0.39 is 6.17 Å². The molecular weight excluding hydrogens is 350 g/mol. The lowest BCUT2D eigenvalue weighted by Gasteiger charge is -2.24. The summed E-state index contributed by atoms with van der Waals surface area (Å²) in [5.41, 5.74) is 8.08. The summed E-state index contributed by atoms with van der Waals surface area (Å²) >= 11 is 0. The van der Waals surface area contributed by atoms with E-state index in [2.05, 4.69) is 15.3 Å². The molecule has 9 nitrogen and oxygen atoms in total. The van der Waals surface area contributed by atoms with E-state index in [0.29, 0.717) is 41.7 Å². The van der Waals surface area contributed by atoms with Crippen LogP contribution in [0, 0.1) is 0 Å². The number of anilines is 1. The summed E-state index contributed by atoms with van der Waals surface area (Å²) in [5.74, 6) is 1.62. The third-order valence-corrected chi connectivity index (χ3v) is 4.60. The van der Waals surface area contributed by atoms with E-state index in [0.717, 1.165) is 11.9 Å². The third kappa shape index (κ3) is 2.47. The molecule has 0 unspecified atom stereocenters. The number of nitrogens with zero attached hydrogens (tertiary/aromatic N) is 3. The lowest BCUT2D eigenvalue weighted by atomic mass is 10.1. The molecule has 138 valence electrons. The fourth-order valence-corrected chi connectivity index (χ4v) is 3.35. The zero-order valence-electron chi connectivity index (χ0n) is 14.2. The number of nitrogens with two attached hydrogens (primary N) is 1. The van der Waals surface area contributed by atoms with Gasteiger partial charge in [-0.1, -0.05) is 6.07 Å². The van der Waals surface area contributed by atoms with Crippen LogP contribution in [-0.4, -0.2) is 38.9 Å². The number of fused-ring (bicyclic) bond motifs is 4. The van der Waals surface area contributed by atoms with Gasteiger partial charge in [0.25, 0.3) is 0 Å². The zero-order valence-corrected chi connectivity index (χ0v) is 14.2. The van der Waals surface area contributed by atoms with Crippen molar-refractivity contribution < 1.29 is 19.7 Å². The first-order chi connectivity index (χ1) is 13.1. The first kappa shape index (κ1) is 15.6. The van der Waals surface area contributed by atoms with Crippen LogP contribution in [0.2, 0.25) is 0 Å². The first-order valence-corrected chi connectivity index (χ1v) is 8.54. The Hall–Kier alpha value is -3.62. The van der Waals surface area contributed by atoms with Gasteiger partial charge in [-0.05, 0) is 12.1 Å². The molecular formula is C18H17N5O4. The standard InChI is InChI=1S/C18H17N5O4/c19-17-21-16(9-2-3-12(24)13(25)6-9)23-11-8-15-14(26-4-1-5-27-15)7-10(11)20-18(23)22-17/h2-3,6-8,16,24-25H,1,4-5H2,(H3,19,20,21,22)/t16-/m1/s1. The van der Waals surface area contributed by atoms with Crippen LogP contribution in [0.1, 0.15) is 18.2 Å². The number of rotatable bonds is 1. The van der Waals surface area contributed by atoms with Crippen LogP contribution in [-0.2, 0) is 0 Å². The summed E-state index contributed by atoms with van der Waals surface area (Å²) in [6.07, 6.45) is 0.262. The number of aromatic nitrogens is 2. The molecule has 5 N–H and O–H groups in total. The summed E-state index contributed by atoms with van der Waals surface area (Å²) in [6, 6.07) is 8.27. The predicted octanol–water partition coefficient (Wildman–Crippen LogP) is 1.90. The Morgan fingerprint density at radius 2 is 1.85 bits per heavy atom. The highest BCUT2D eigenvalue weighted by Crippen LogP contribution is 2.40. The molecule has 0 bridgehead atoms. The molecule has 1 atom stereocenters. The molecule has 9 heteroatoms. The maximum Gasteiger partial charge on any atom is 0.212 e. The average molecular weight is 367 g/mol. The lowest BCUT2D eigenvalue weighted by Crippen LogP contribution is -2.31. The van der Waals surface area contributed by atoms with Crippen molar-refractivity contribution in [1.29, 1.82) is 0 Å². The number of imidazole rings is 1. The second kappa shape index (κ2) is 5.70. The highest BCUT2D eigenvalue weighted by Gasteiger charge is 2.27. The SMILES string of the molecule is NC1=N[C@@H](c2ccc(O)c(O)c2)n2c(nc3cc4c(cc32)OCCCO4)N1. The van der Waals surface area contributed by atoms with Crippen molar-refractivity contribution in [2.75, 3.05) is 18.5 Å². The van der Waals surface area contributed by atoms with E-state index in [1.165, 1.54) is 12.1 Å². The molecule has 0 saturated heterocycles. The number of guanidine groups is 1. The monoisotopic (exact) mass is 367 g/mol. The Kier molecular flexibility index (Phi) is 3.30. The van der Waals surface area contributed by atoms with E-state index in [1.54, 1.807) is 6.07 Å². The maximum absolute atomic E-state index is 9.89. The second-order valence-electron chi connectivity index (χ2n) is 6.40. The van der Waals surface area contributed by atoms with Crippen molar-refractivity contribution in [2.45, 2.75) is 12.6 Å². The Balaban J connectivity index is 1.71. The molecule has 0 amide bonds. The van der Waals surface area contributed by atoms with Crippen LogP contribution in [0.15, 0.2) is 35.3 Å². The highest BCUT2D eigenvalue weighted by molar-refractivity contribution is 5.95. The highest BCUT2D eigenvalue weighted by atomic mass is 16.5. The van der Waals surface area contributed by atoms with Gasteiger partial charge in [0, 0.05) is 24.1 Å². The summed E-state index contributed by atoms with van der Waals surface area (Å²) in [4.78, 5) is 9.06. The topological polar surface area (TPSA) is 127 Å². The number of ether oxygens (including phenoxy) is 2. The molecule has 0 aliphatic carbocycles. The van der Waals surface area contributed by atoms with Gasteiger partial charge < -0.3 is 25.4 Å². The third-order valence-electron chi connectivity index (χ3n) is 4.60. The number of phenolic OH excluding ortho intramolecular Hbond substituents is 2. The van der Waals surface area contributed by atoms with Crippen LogP contribution in [0.5, 0.6) is 23.0 Å². The predicted molar refractivity (Wildman–Crippen MR) is 98.5 cm³/mol. The van der Waals surface area contributed by atoms with Crippen molar-refractivity contribution >= 4 is 22.9 Å². The van der Waals surface area contributed by atoms with Crippen molar-refractivity contribution in [3.63, 3.8) is 0 Å². The Morgan fingerprint density at radius 1 is 1.07 bits per heavy atom. The molecule has 27 heavy (non-hydrogen) atoms. The number of nitrogens with one attached hydrogen (secondary N) is 1. The van der Waals surface area contributed by atoms with Gasteiger partial charge in [-0.2, -0.15) is 0 Å². The summed E-state index contributed by atoms with van der Waals surface area (Å²) < 4.78 is 13.4. The number of hydrogen-bond acceptors (Lipinski definition) is 8. The number of aliphatic imine (C=N–C) groups is 1. The molecule has 0 saturated carbocycles. The van der Waals surface area contributed by atoms with E-state index in [9.17, 15) is 10.2 Å². The number of benzene rings is 2. The quantitative estimate of drug-likeness (QED) is 0.484. The molecule has 3 aromatic rings. The van der Waals surface area contributed by atoms with Gasteiger partial charge in [-0.3, -0.25) is 9.88 Å². The molecule has 3 heterocycles. The minimum Gasteiger partial charge on any atom is -0.504 e. The van der Waals surface area contributed by atoms with Crippen LogP contribution in [0.25, 0.3) is 11.0 Å². The zero-order chi connectivity index (χ0) is 18.5. The van der Waals surface area contributed by atoms with E-state index in [1.807, 2.05) is 16.7 Å². The van der Waals surface area contributed by atoms with Gasteiger partial charge in [0.05, 0.1) is 24.2 Å². The number of hydrogen-bond donors (Lipinski definition) is 4. The Labute approximate surface area is 153 Å². The number of aromatic hydroxyl groups is 2. The summed E-state index contributed by atoms with van der Waals surface area (Å²) in [6.45, 7) is 1.17. The van der Waals surface area contributed by atoms with Gasteiger partial charge >= 0.3 is 0 Å². The van der Waals surface area contributed by atoms with Crippen LogP contribution in [0.4, 0.5) is 5.95 Å². The number of phenols is 2. The minimum atomic E-state index is -0.553. The van der Waals surface area contributed by atoms with Gasteiger partial charge in [0.1, 0.15) is 0 Å². The van der Waals surface area contributed by atoms with Crippen molar-refractivity contribution in [1.82, 2.24) is 9.55 Å². The molecule has 0 spiro atoms. The summed E-state index contributed by atoms with van der Waals surface area (Å²) in [7, 11) is 0. The molecule has 2 aromatic carbocycles. The van der Waals surface area contributed by atoms with Crippen molar-refractivity contribution in [3.8, 4) is 23.0 Å². The van der Waals surface area contributed by atoms with Crippen molar-refractivity contribution in [3.05, 3.63) is 35.9 Å². The second-order valence-corrected chi connectivity index (χ2v) is 6.40. The summed E-state index contributed by atoms with van der Waals surface area (Å²) in [5, 5.41) is 22.5. The smallest absolute Gasteiger partial charge is 0.212 e. The first-order valence-electron chi connectivity index (χ1n) is 8.54. The largest absolute Gasteiger partial charge is 0.504 e. The van der Waals surface area contributed by atoms with Crippen LogP contribution in [0.3, 0.4) is 0 Å². The Morgan fingerprint density at radius 3 is 2.63 bits per heavy atom. The van der Waals surface area contributed by atoms with Gasteiger partial charge in [-0.15, -0.1) is 0 Å². The minimum absolute atomic E-state index is 0.198. The molecule has 5 rings (SSSR count). The normalized spacial score (nSPS) is 18.4. The average Bonchev–Trinajstić information content (AvgIpc) is 2.83. The van der Waals surface area contributed by atoms with Crippen LogP contribution < -0.4 is 20.5 Å². The molecule has 2 aliphatic rings. The molecule has 2 aliphatic heterocycles. The van der Waals surface area contributed by atoms with Gasteiger partial charge in [0.2, 0.25) is 5.95 Å². The lowest BCUT2D eigenvalue weighted by molar-refractivity contribution is 0.297. The maximum atomic E-state index is 9.89. The molecule has 0 radical (unpaired) electrons. The van der Waals surface area contributed by atoms with E-state index in [4.69, 9.17) is 15.2 Å². The van der Waals surface area contributed by atoms with Crippen LogP contribution >= 0.6 is 0 Å². The fourth-order valence-electron chi connectivity index (χ4n) is 3.35. The van der Waals surface area contributed by atoms with Gasteiger partial charge in [0.15, 0.2) is 35.1 Å². The molecule has 0 fully saturated rings.